The maximum atomic E-state index is 5.54. The van der Waals surface area contributed by atoms with Crippen molar-refractivity contribution in [1.29, 1.82) is 0 Å². The van der Waals surface area contributed by atoms with Crippen LogP contribution in [0.5, 0.6) is 0 Å². The van der Waals surface area contributed by atoms with Gasteiger partial charge in [0.05, 0.1) is 42.1 Å². The molecular weight excluding hydrogens is 849 g/mol. The SMILES string of the molecule is c1ccc([Si](c2ccccc2)(c2nccc3c2sc2ccc(-n4c5ccccc5c5cnccc54)cc23)c2nccc3c2sc2ccc(-n4c5ccccc5c5cnccc54)cc23)cc1. The lowest BCUT2D eigenvalue weighted by molar-refractivity contribution is 1.18. The number of aromatic nitrogens is 6. The van der Waals surface area contributed by atoms with Gasteiger partial charge in [-0.3, -0.25) is 19.9 Å². The first-order valence-electron chi connectivity index (χ1n) is 21.7. The maximum Gasteiger partial charge on any atom is 0.227 e. The quantitative estimate of drug-likeness (QED) is 0.156. The number of para-hydroxylation sites is 2. The number of pyridine rings is 4. The van der Waals surface area contributed by atoms with Crippen LogP contribution in [0.3, 0.4) is 0 Å². The highest BCUT2D eigenvalue weighted by atomic mass is 32.1. The molecule has 0 bridgehead atoms. The van der Waals surface area contributed by atoms with Gasteiger partial charge in [-0.05, 0) is 83.2 Å². The molecule has 0 N–H and O–H groups in total. The van der Waals surface area contributed by atoms with Crippen molar-refractivity contribution in [2.75, 3.05) is 0 Å². The minimum absolute atomic E-state index is 1.11. The molecule has 8 heterocycles. The molecule has 14 aromatic rings. The smallest absolute Gasteiger partial charge is 0.227 e. The molecule has 9 heteroatoms. The van der Waals surface area contributed by atoms with Crippen LogP contribution >= 0.6 is 22.7 Å². The van der Waals surface area contributed by atoms with Crippen molar-refractivity contribution in [3.8, 4) is 11.4 Å². The van der Waals surface area contributed by atoms with E-state index >= 15 is 0 Å². The zero-order chi connectivity index (χ0) is 42.6. The van der Waals surface area contributed by atoms with E-state index < -0.39 is 8.07 Å². The van der Waals surface area contributed by atoms with E-state index in [9.17, 15) is 0 Å². The van der Waals surface area contributed by atoms with E-state index in [0.717, 1.165) is 43.8 Å². The molecule has 6 aromatic carbocycles. The Morgan fingerprint density at radius 2 is 0.785 bits per heavy atom. The van der Waals surface area contributed by atoms with Gasteiger partial charge in [-0.25, -0.2) is 0 Å². The van der Waals surface area contributed by atoms with Crippen molar-refractivity contribution >= 4 is 136 Å². The highest BCUT2D eigenvalue weighted by Gasteiger charge is 2.47. The summed E-state index contributed by atoms with van der Waals surface area (Å²) in [6.07, 6.45) is 11.8. The second-order valence-electron chi connectivity index (χ2n) is 16.6. The average Bonchev–Trinajstić information content (AvgIpc) is 4.13. The third-order valence-electron chi connectivity index (χ3n) is 13.3. The molecule has 0 fully saturated rings. The zero-order valence-corrected chi connectivity index (χ0v) is 37.3. The normalized spacial score (nSPS) is 12.3. The predicted octanol–water partition coefficient (Wildman–Crippen LogP) is 11.6. The number of benzene rings is 6. The van der Waals surface area contributed by atoms with Crippen molar-refractivity contribution in [2.45, 2.75) is 0 Å². The monoisotopic (exact) mass is 882 g/mol. The number of fused-ring (bicyclic) bond motifs is 12. The van der Waals surface area contributed by atoms with Crippen molar-refractivity contribution in [2.24, 2.45) is 0 Å². The summed E-state index contributed by atoms with van der Waals surface area (Å²) in [7, 11) is -3.26. The van der Waals surface area contributed by atoms with E-state index in [1.165, 1.54) is 72.5 Å². The van der Waals surface area contributed by atoms with Gasteiger partial charge in [0.15, 0.2) is 0 Å². The largest absolute Gasteiger partial charge is 0.309 e. The molecule has 0 radical (unpaired) electrons. The summed E-state index contributed by atoms with van der Waals surface area (Å²) in [4.78, 5) is 20.1. The highest BCUT2D eigenvalue weighted by Crippen LogP contribution is 2.40. The Labute approximate surface area is 381 Å². The Hall–Kier alpha value is -7.82. The molecule has 0 aliphatic carbocycles. The van der Waals surface area contributed by atoms with Crippen LogP contribution in [0, 0.1) is 0 Å². The number of hydrogen-bond acceptors (Lipinski definition) is 6. The van der Waals surface area contributed by atoms with Gasteiger partial charge < -0.3 is 9.13 Å². The molecule has 0 unspecified atom stereocenters. The topological polar surface area (TPSA) is 61.4 Å². The Kier molecular flexibility index (Phi) is 7.94. The van der Waals surface area contributed by atoms with E-state index in [2.05, 4.69) is 189 Å². The molecule has 0 aliphatic rings. The van der Waals surface area contributed by atoms with Crippen LogP contribution in [0.25, 0.3) is 95.3 Å². The van der Waals surface area contributed by atoms with Gasteiger partial charge in [0.2, 0.25) is 8.07 Å². The highest BCUT2D eigenvalue weighted by molar-refractivity contribution is 7.33. The Bertz CT molecular complexity index is 3830. The fourth-order valence-corrected chi connectivity index (χ4v) is 18.5. The first kappa shape index (κ1) is 36.6. The van der Waals surface area contributed by atoms with E-state index in [-0.39, 0.29) is 0 Å². The maximum absolute atomic E-state index is 5.54. The molecule has 0 saturated carbocycles. The molecule has 0 spiro atoms. The average molecular weight is 883 g/mol. The van der Waals surface area contributed by atoms with E-state index in [4.69, 9.17) is 9.97 Å². The van der Waals surface area contributed by atoms with Gasteiger partial charge >= 0.3 is 0 Å². The van der Waals surface area contributed by atoms with Gasteiger partial charge in [-0.2, -0.15) is 0 Å². The van der Waals surface area contributed by atoms with Crippen LogP contribution in [0.15, 0.2) is 207 Å². The van der Waals surface area contributed by atoms with Crippen molar-refractivity contribution in [1.82, 2.24) is 29.1 Å². The van der Waals surface area contributed by atoms with Gasteiger partial charge in [0.25, 0.3) is 0 Å². The number of hydrogen-bond donors (Lipinski definition) is 0. The van der Waals surface area contributed by atoms with E-state index in [0.29, 0.717) is 0 Å². The molecule has 0 amide bonds. The van der Waals surface area contributed by atoms with Crippen molar-refractivity contribution in [3.63, 3.8) is 0 Å². The van der Waals surface area contributed by atoms with Crippen LogP contribution in [0.4, 0.5) is 0 Å². The van der Waals surface area contributed by atoms with Crippen LogP contribution in [0.2, 0.25) is 0 Å². The number of nitrogens with zero attached hydrogens (tertiary/aromatic N) is 6. The summed E-state index contributed by atoms with van der Waals surface area (Å²) in [5.41, 5.74) is 6.86. The Morgan fingerprint density at radius 3 is 1.26 bits per heavy atom. The van der Waals surface area contributed by atoms with Crippen molar-refractivity contribution < 1.29 is 0 Å². The summed E-state index contributed by atoms with van der Waals surface area (Å²) < 4.78 is 9.61. The molecule has 0 aliphatic heterocycles. The van der Waals surface area contributed by atoms with Gasteiger partial charge in [0.1, 0.15) is 0 Å². The lowest BCUT2D eigenvalue weighted by atomic mass is 10.1. The summed E-state index contributed by atoms with van der Waals surface area (Å²) >= 11 is 3.69. The first-order chi connectivity index (χ1) is 32.3. The zero-order valence-electron chi connectivity index (χ0n) is 34.6. The van der Waals surface area contributed by atoms with Gasteiger partial charge in [-0.1, -0.05) is 97.1 Å². The minimum atomic E-state index is -3.26. The molecule has 14 rings (SSSR count). The molecule has 304 valence electrons. The summed E-state index contributed by atoms with van der Waals surface area (Å²) in [5.74, 6) is 0. The second kappa shape index (κ2) is 14.1. The molecular formula is C56H34N6S2Si. The predicted molar refractivity (Wildman–Crippen MR) is 276 cm³/mol. The lowest BCUT2D eigenvalue weighted by Gasteiger charge is -2.32. The van der Waals surface area contributed by atoms with E-state index in [1.807, 2.05) is 59.9 Å². The molecule has 8 aromatic heterocycles. The standard InChI is InChI=1S/C56H34N6S2Si/c1-3-11-37(12-4-1)65(38-13-5-2-6-14-38,55-53-41(23-29-59-55)43-31-35(19-21-51(43)63-53)61-47-17-9-7-15-39(47)45-33-57-27-25-49(45)61)56-54-42(24-30-60-56)44-32-36(20-22-52(44)64-54)62-48-18-10-8-16-40(48)46-34-58-28-26-50(46)62/h1-34H. The number of rotatable bonds is 6. The third kappa shape index (κ3) is 5.19. The summed E-state index contributed by atoms with van der Waals surface area (Å²) in [6, 6.07) is 62.0. The first-order valence-corrected chi connectivity index (χ1v) is 25.3. The summed E-state index contributed by atoms with van der Waals surface area (Å²) in [5, 5.41) is 14.3. The Morgan fingerprint density at radius 1 is 0.354 bits per heavy atom. The molecule has 0 atom stereocenters. The second-order valence-corrected chi connectivity index (χ2v) is 22.3. The molecule has 0 saturated heterocycles. The van der Waals surface area contributed by atoms with Crippen LogP contribution in [0.1, 0.15) is 0 Å². The van der Waals surface area contributed by atoms with Gasteiger partial charge in [0, 0.05) is 101 Å². The fourth-order valence-electron chi connectivity index (χ4n) is 10.6. The van der Waals surface area contributed by atoms with Crippen LogP contribution < -0.4 is 21.0 Å². The lowest BCUT2D eigenvalue weighted by Crippen LogP contribution is -2.76. The van der Waals surface area contributed by atoms with Crippen LogP contribution in [-0.4, -0.2) is 37.1 Å². The Balaban J connectivity index is 1.04. The molecule has 65 heavy (non-hydrogen) atoms. The molecule has 6 nitrogen and oxygen atoms in total. The van der Waals surface area contributed by atoms with Crippen molar-refractivity contribution in [3.05, 3.63) is 207 Å². The van der Waals surface area contributed by atoms with Gasteiger partial charge in [-0.15, -0.1) is 22.7 Å². The van der Waals surface area contributed by atoms with E-state index in [1.54, 1.807) is 0 Å². The summed E-state index contributed by atoms with van der Waals surface area (Å²) in [6.45, 7) is 0. The number of thiophene rings is 2. The third-order valence-corrected chi connectivity index (χ3v) is 20.7. The minimum Gasteiger partial charge on any atom is -0.309 e. The van der Waals surface area contributed by atoms with Crippen LogP contribution in [-0.2, 0) is 0 Å². The fraction of sp³-hybridized carbons (Fsp3) is 0.